The Morgan fingerprint density at radius 2 is 2.22 bits per heavy atom. The summed E-state index contributed by atoms with van der Waals surface area (Å²) in [4.78, 5) is 10.6. The van der Waals surface area contributed by atoms with Gasteiger partial charge in [0, 0.05) is 0 Å². The van der Waals surface area contributed by atoms with Crippen LogP contribution in [0.4, 0.5) is 0 Å². The monoisotopic (exact) mass is 127 g/mol. The van der Waals surface area contributed by atoms with Crippen molar-refractivity contribution >= 4 is 5.97 Å². The molecule has 0 unspecified atom stereocenters. The molecule has 0 amide bonds. The molecule has 1 aliphatic rings. The van der Waals surface area contributed by atoms with Gasteiger partial charge in [0.1, 0.15) is 11.8 Å². The van der Waals surface area contributed by atoms with Crippen LogP contribution >= 0.6 is 0 Å². The van der Waals surface area contributed by atoms with Gasteiger partial charge in [-0.05, 0) is 19.4 Å². The fourth-order valence-corrected chi connectivity index (χ4v) is 0.692. The maximum Gasteiger partial charge on any atom is 0.354 e. The lowest BCUT2D eigenvalue weighted by Gasteiger charge is -2.00. The summed E-state index contributed by atoms with van der Waals surface area (Å²) in [5.74, 6) is -0.389. The van der Waals surface area contributed by atoms with Crippen LogP contribution < -0.4 is 5.73 Å². The molecule has 3 heteroatoms. The van der Waals surface area contributed by atoms with Gasteiger partial charge in [-0.25, -0.2) is 4.79 Å². The van der Waals surface area contributed by atoms with Crippen molar-refractivity contribution in [1.82, 2.24) is 0 Å². The maximum absolute atomic E-state index is 10.6. The van der Waals surface area contributed by atoms with Gasteiger partial charge in [-0.15, -0.1) is 0 Å². The zero-order valence-electron chi connectivity index (χ0n) is 5.47. The van der Waals surface area contributed by atoms with Crippen LogP contribution in [-0.4, -0.2) is 12.1 Å². The van der Waals surface area contributed by atoms with Crippen molar-refractivity contribution in [3.05, 3.63) is 11.3 Å². The predicted octanol–water partition coefficient (Wildman–Crippen LogP) is 0.164. The van der Waals surface area contributed by atoms with E-state index in [2.05, 4.69) is 0 Å². The van der Waals surface area contributed by atoms with Crippen molar-refractivity contribution in [3.63, 3.8) is 0 Å². The topological polar surface area (TPSA) is 52.3 Å². The molecule has 1 aliphatic heterocycles. The Hall–Kier alpha value is -0.990. The fourth-order valence-electron chi connectivity index (χ4n) is 0.692. The maximum atomic E-state index is 10.6. The number of carbonyl (C=O) groups is 1. The highest BCUT2D eigenvalue weighted by atomic mass is 16.5. The van der Waals surface area contributed by atoms with Gasteiger partial charge in [0.25, 0.3) is 0 Å². The zero-order valence-corrected chi connectivity index (χ0v) is 5.47. The largest absolute Gasteiger partial charge is 0.453 e. The second-order valence-electron chi connectivity index (χ2n) is 2.14. The first kappa shape index (κ1) is 6.13. The van der Waals surface area contributed by atoms with E-state index in [1.54, 1.807) is 13.8 Å². The molecule has 0 aromatic carbocycles. The van der Waals surface area contributed by atoms with E-state index in [0.717, 1.165) is 5.57 Å². The van der Waals surface area contributed by atoms with Crippen LogP contribution in [0.15, 0.2) is 11.3 Å². The minimum atomic E-state index is -0.389. The number of hydrogen-bond acceptors (Lipinski definition) is 3. The number of esters is 1. The normalized spacial score (nSPS) is 26.9. The summed E-state index contributed by atoms with van der Waals surface area (Å²) in [5, 5.41) is 0. The number of hydrogen-bond donors (Lipinski definition) is 1. The first-order valence-corrected chi connectivity index (χ1v) is 2.80. The lowest BCUT2D eigenvalue weighted by Crippen LogP contribution is -2.08. The van der Waals surface area contributed by atoms with Crippen molar-refractivity contribution in [3.8, 4) is 0 Å². The molecule has 0 aliphatic carbocycles. The van der Waals surface area contributed by atoms with E-state index < -0.39 is 0 Å². The number of carbonyl (C=O) groups excluding carboxylic acids is 1. The fraction of sp³-hybridized carbons (Fsp3) is 0.500. The molecular formula is C6H9NO2. The highest BCUT2D eigenvalue weighted by Gasteiger charge is 2.25. The Bertz CT molecular complexity index is 183. The third kappa shape index (κ3) is 0.781. The van der Waals surface area contributed by atoms with E-state index in [0.29, 0.717) is 0 Å². The van der Waals surface area contributed by atoms with Crippen molar-refractivity contribution in [2.75, 3.05) is 0 Å². The Labute approximate surface area is 53.5 Å². The molecule has 0 aromatic heterocycles. The Balaban J connectivity index is 2.92. The molecule has 2 N–H and O–H groups in total. The second-order valence-corrected chi connectivity index (χ2v) is 2.14. The molecule has 0 aromatic rings. The quantitative estimate of drug-likeness (QED) is 0.472. The van der Waals surface area contributed by atoms with Crippen LogP contribution in [0.25, 0.3) is 0 Å². The highest BCUT2D eigenvalue weighted by Crippen LogP contribution is 2.17. The standard InChI is InChI=1S/C6H9NO2/c1-3-4(2)9-6(8)5(3)7/h4H,7H2,1-2H3/t4-/m1/s1. The minimum absolute atomic E-state index is 0.127. The molecule has 1 atom stereocenters. The molecule has 0 spiro atoms. The van der Waals surface area contributed by atoms with E-state index in [-0.39, 0.29) is 17.8 Å². The molecule has 50 valence electrons. The van der Waals surface area contributed by atoms with Crippen molar-refractivity contribution in [2.24, 2.45) is 5.73 Å². The van der Waals surface area contributed by atoms with Gasteiger partial charge in [0.05, 0.1) is 0 Å². The van der Waals surface area contributed by atoms with Gasteiger partial charge < -0.3 is 10.5 Å². The van der Waals surface area contributed by atoms with Gasteiger partial charge >= 0.3 is 5.97 Å². The SMILES string of the molecule is CC1=C(N)C(=O)O[C@@H]1C. The zero-order chi connectivity index (χ0) is 7.02. The third-order valence-corrected chi connectivity index (χ3v) is 1.54. The molecule has 0 saturated heterocycles. The Kier molecular flexibility index (Phi) is 1.20. The summed E-state index contributed by atoms with van der Waals surface area (Å²) in [5.41, 5.74) is 6.42. The first-order chi connectivity index (χ1) is 4.13. The van der Waals surface area contributed by atoms with Gasteiger partial charge in [0.15, 0.2) is 0 Å². The molecule has 1 rings (SSSR count). The van der Waals surface area contributed by atoms with E-state index in [1.165, 1.54) is 0 Å². The summed E-state index contributed by atoms with van der Waals surface area (Å²) in [6.45, 7) is 3.60. The predicted molar refractivity (Wildman–Crippen MR) is 32.4 cm³/mol. The number of rotatable bonds is 0. The highest BCUT2D eigenvalue weighted by molar-refractivity contribution is 5.90. The van der Waals surface area contributed by atoms with E-state index >= 15 is 0 Å². The number of cyclic esters (lactones) is 1. The van der Waals surface area contributed by atoms with Crippen molar-refractivity contribution < 1.29 is 9.53 Å². The molecule has 9 heavy (non-hydrogen) atoms. The average Bonchev–Trinajstić information content (AvgIpc) is 1.98. The third-order valence-electron chi connectivity index (χ3n) is 1.54. The summed E-state index contributed by atoms with van der Waals surface area (Å²) in [6, 6.07) is 0. The summed E-state index contributed by atoms with van der Waals surface area (Å²) in [6.07, 6.45) is -0.127. The van der Waals surface area contributed by atoms with E-state index in [1.807, 2.05) is 0 Å². The molecule has 0 fully saturated rings. The van der Waals surface area contributed by atoms with Crippen LogP contribution in [0.3, 0.4) is 0 Å². The van der Waals surface area contributed by atoms with Crippen LogP contribution in [0.5, 0.6) is 0 Å². The van der Waals surface area contributed by atoms with Crippen molar-refractivity contribution in [1.29, 1.82) is 0 Å². The molecular weight excluding hydrogens is 118 g/mol. The Morgan fingerprint density at radius 1 is 1.67 bits per heavy atom. The van der Waals surface area contributed by atoms with Crippen LogP contribution in [0.1, 0.15) is 13.8 Å². The summed E-state index contributed by atoms with van der Waals surface area (Å²) >= 11 is 0. The lowest BCUT2D eigenvalue weighted by molar-refractivity contribution is -0.139. The van der Waals surface area contributed by atoms with Crippen molar-refractivity contribution in [2.45, 2.75) is 20.0 Å². The van der Waals surface area contributed by atoms with E-state index in [9.17, 15) is 4.79 Å². The van der Waals surface area contributed by atoms with Crippen LogP contribution in [0, 0.1) is 0 Å². The first-order valence-electron chi connectivity index (χ1n) is 2.80. The lowest BCUT2D eigenvalue weighted by atomic mass is 10.2. The van der Waals surface area contributed by atoms with Gasteiger partial charge in [-0.3, -0.25) is 0 Å². The number of nitrogens with two attached hydrogens (primary N) is 1. The smallest absolute Gasteiger partial charge is 0.354 e. The molecule has 3 nitrogen and oxygen atoms in total. The van der Waals surface area contributed by atoms with Gasteiger partial charge in [-0.1, -0.05) is 0 Å². The minimum Gasteiger partial charge on any atom is -0.453 e. The van der Waals surface area contributed by atoms with Crippen LogP contribution in [-0.2, 0) is 9.53 Å². The van der Waals surface area contributed by atoms with Crippen LogP contribution in [0.2, 0.25) is 0 Å². The molecule has 1 heterocycles. The summed E-state index contributed by atoms with van der Waals surface area (Å²) in [7, 11) is 0. The Morgan fingerprint density at radius 3 is 2.33 bits per heavy atom. The van der Waals surface area contributed by atoms with Gasteiger partial charge in [0.2, 0.25) is 0 Å². The van der Waals surface area contributed by atoms with E-state index in [4.69, 9.17) is 10.5 Å². The molecule has 0 saturated carbocycles. The second kappa shape index (κ2) is 1.76. The molecule has 0 radical (unpaired) electrons. The van der Waals surface area contributed by atoms with Gasteiger partial charge in [-0.2, -0.15) is 0 Å². The average molecular weight is 127 g/mol. The molecule has 0 bridgehead atoms. The summed E-state index contributed by atoms with van der Waals surface area (Å²) < 4.78 is 4.75. The number of ether oxygens (including phenoxy) is 1.